The van der Waals surface area contributed by atoms with Crippen LogP contribution in [0.5, 0.6) is 0 Å². The second-order valence-corrected chi connectivity index (χ2v) is 31.6. The van der Waals surface area contributed by atoms with Crippen LogP contribution in [0.15, 0.2) is 0 Å². The van der Waals surface area contributed by atoms with E-state index in [0.29, 0.717) is 31.6 Å². The van der Waals surface area contributed by atoms with Gasteiger partial charge in [-0.3, -0.25) is 37.3 Å². The van der Waals surface area contributed by atoms with E-state index in [1.165, 1.54) is 167 Å². The third kappa shape index (κ3) is 67.3. The molecule has 0 aliphatic heterocycles. The number of carbonyl (C=O) groups excluding carboxylic acids is 4. The molecule has 0 amide bonds. The summed E-state index contributed by atoms with van der Waals surface area (Å²) in [5.41, 5.74) is 0. The number of aliphatic hydroxyl groups excluding tert-OH is 1. The van der Waals surface area contributed by atoms with E-state index in [1.807, 2.05) is 0 Å². The maximum atomic E-state index is 13.1. The summed E-state index contributed by atoms with van der Waals surface area (Å²) in [6, 6.07) is 0. The van der Waals surface area contributed by atoms with Gasteiger partial charge in [-0.25, -0.2) is 9.13 Å². The van der Waals surface area contributed by atoms with Crippen LogP contribution in [0.3, 0.4) is 0 Å². The van der Waals surface area contributed by atoms with Crippen LogP contribution in [0.25, 0.3) is 0 Å². The minimum Gasteiger partial charge on any atom is -0.462 e. The zero-order valence-electron chi connectivity index (χ0n) is 61.6. The van der Waals surface area contributed by atoms with E-state index >= 15 is 0 Å². The average Bonchev–Trinajstić information content (AvgIpc) is 1.23. The molecule has 0 saturated heterocycles. The molecule has 0 aromatic rings. The lowest BCUT2D eigenvalue weighted by atomic mass is 10.00. The monoisotopic (exact) mass is 1380 g/mol. The Hall–Kier alpha value is -1.94. The normalized spacial score (nSPS) is 14.4. The first-order chi connectivity index (χ1) is 45.1. The summed E-state index contributed by atoms with van der Waals surface area (Å²) in [7, 11) is -9.91. The van der Waals surface area contributed by atoms with Crippen molar-refractivity contribution in [2.45, 2.75) is 395 Å². The third-order valence-corrected chi connectivity index (χ3v) is 19.6. The molecule has 0 aromatic heterocycles. The van der Waals surface area contributed by atoms with E-state index in [9.17, 15) is 43.2 Å². The standard InChI is InChI=1S/C75H146O17P2/c1-9-68(8)54-46-38-33-34-40-48-56-73(78)86-62-71(92-75(80)58-50-42-31-25-21-17-13-11-15-19-23-28-36-44-52-66(4)5)64-90-94(83,84)88-60-69(76)59-87-93(81,82)89-63-70(61-85-72(77)55-47-39-32-26-29-37-45-53-67(6)7)91-74(79)57-49-41-30-24-20-16-12-10-14-18-22-27-35-43-51-65(2)3/h65-71,76H,9-64H2,1-8H3,(H,81,82)(H,83,84)/t68?,69-,70-,71-/m1/s1. The molecule has 3 unspecified atom stereocenters. The van der Waals surface area contributed by atoms with Crippen LogP contribution in [-0.4, -0.2) is 96.7 Å². The molecule has 0 aliphatic carbocycles. The Morgan fingerprint density at radius 2 is 0.511 bits per heavy atom. The number of aliphatic hydroxyl groups is 1. The second kappa shape index (κ2) is 64.4. The van der Waals surface area contributed by atoms with Gasteiger partial charge < -0.3 is 33.8 Å². The molecule has 0 spiro atoms. The molecule has 0 radical (unpaired) electrons. The molecule has 19 heteroatoms. The minimum atomic E-state index is -4.96. The summed E-state index contributed by atoms with van der Waals surface area (Å²) in [5, 5.41) is 10.6. The molecular weight excluding hydrogens is 1230 g/mol. The number of hydrogen-bond acceptors (Lipinski definition) is 15. The van der Waals surface area contributed by atoms with E-state index in [4.69, 9.17) is 37.0 Å². The van der Waals surface area contributed by atoms with E-state index in [1.54, 1.807) is 0 Å². The van der Waals surface area contributed by atoms with Crippen molar-refractivity contribution < 1.29 is 80.2 Å². The van der Waals surface area contributed by atoms with E-state index in [2.05, 4.69) is 55.4 Å². The van der Waals surface area contributed by atoms with Gasteiger partial charge in [-0.15, -0.1) is 0 Å². The maximum absolute atomic E-state index is 13.1. The molecular formula is C75H146O17P2. The molecule has 0 saturated carbocycles. The summed E-state index contributed by atoms with van der Waals surface area (Å²) in [6.45, 7) is 14.1. The Labute approximate surface area is 575 Å². The van der Waals surface area contributed by atoms with Crippen LogP contribution in [0.2, 0.25) is 0 Å². The summed E-state index contributed by atoms with van der Waals surface area (Å²) in [6.07, 6.45) is 48.7. The van der Waals surface area contributed by atoms with E-state index < -0.39 is 97.5 Å². The van der Waals surface area contributed by atoms with Gasteiger partial charge in [0.05, 0.1) is 26.4 Å². The van der Waals surface area contributed by atoms with Crippen LogP contribution in [0, 0.1) is 23.7 Å². The lowest BCUT2D eigenvalue weighted by Crippen LogP contribution is -2.30. The second-order valence-electron chi connectivity index (χ2n) is 28.7. The van der Waals surface area contributed by atoms with Crippen molar-refractivity contribution in [3.8, 4) is 0 Å². The average molecular weight is 1380 g/mol. The number of unbranched alkanes of at least 4 members (excludes halogenated alkanes) is 37. The minimum absolute atomic E-state index is 0.106. The molecule has 6 atom stereocenters. The Bertz CT molecular complexity index is 1850. The van der Waals surface area contributed by atoms with Crippen LogP contribution < -0.4 is 0 Å². The molecule has 0 aromatic carbocycles. The lowest BCUT2D eigenvalue weighted by molar-refractivity contribution is -0.161. The topological polar surface area (TPSA) is 237 Å². The molecule has 558 valence electrons. The quantitative estimate of drug-likeness (QED) is 0.0222. The fourth-order valence-corrected chi connectivity index (χ4v) is 12.9. The molecule has 0 rings (SSSR count). The van der Waals surface area contributed by atoms with Crippen molar-refractivity contribution in [3.63, 3.8) is 0 Å². The highest BCUT2D eigenvalue weighted by molar-refractivity contribution is 7.47. The predicted octanol–water partition coefficient (Wildman–Crippen LogP) is 21.7. The number of hydrogen-bond donors (Lipinski definition) is 3. The Kier molecular flexibility index (Phi) is 63.1. The van der Waals surface area contributed by atoms with Gasteiger partial charge in [0.15, 0.2) is 12.2 Å². The molecule has 17 nitrogen and oxygen atoms in total. The van der Waals surface area contributed by atoms with Gasteiger partial charge in [-0.2, -0.15) is 0 Å². The number of phosphoric ester groups is 2. The molecule has 3 N–H and O–H groups in total. The first-order valence-corrected chi connectivity index (χ1v) is 41.7. The van der Waals surface area contributed by atoms with Gasteiger partial charge in [0, 0.05) is 25.7 Å². The Balaban J connectivity index is 5.22. The highest BCUT2D eigenvalue weighted by atomic mass is 31.2. The Morgan fingerprint density at radius 1 is 0.298 bits per heavy atom. The molecule has 0 heterocycles. The van der Waals surface area contributed by atoms with Crippen molar-refractivity contribution in [3.05, 3.63) is 0 Å². The SMILES string of the molecule is CCC(C)CCCCCCCCC(=O)OC[C@H](COP(=O)(O)OC[C@H](O)COP(=O)(O)OC[C@@H](COC(=O)CCCCCCCCCC(C)C)OC(=O)CCCCCCCCCCCCCCCCC(C)C)OC(=O)CCCCCCCCCCCCCCCCC(C)C. The number of carbonyl (C=O) groups is 4. The number of phosphoric acid groups is 2. The smallest absolute Gasteiger partial charge is 0.462 e. The van der Waals surface area contributed by atoms with Crippen molar-refractivity contribution in [1.82, 2.24) is 0 Å². The van der Waals surface area contributed by atoms with Gasteiger partial charge in [0.25, 0.3) is 0 Å². The zero-order chi connectivity index (χ0) is 69.6. The van der Waals surface area contributed by atoms with Crippen molar-refractivity contribution >= 4 is 39.5 Å². The van der Waals surface area contributed by atoms with Crippen molar-refractivity contribution in [2.75, 3.05) is 39.6 Å². The zero-order valence-corrected chi connectivity index (χ0v) is 63.4. The van der Waals surface area contributed by atoms with Crippen LogP contribution in [0.1, 0.15) is 376 Å². The van der Waals surface area contributed by atoms with Crippen LogP contribution in [0.4, 0.5) is 0 Å². The number of esters is 4. The van der Waals surface area contributed by atoms with Gasteiger partial charge >= 0.3 is 39.5 Å². The molecule has 0 fully saturated rings. The molecule has 0 bridgehead atoms. The van der Waals surface area contributed by atoms with Crippen LogP contribution in [-0.2, 0) is 65.4 Å². The first-order valence-electron chi connectivity index (χ1n) is 38.7. The highest BCUT2D eigenvalue weighted by Gasteiger charge is 2.30. The van der Waals surface area contributed by atoms with Gasteiger partial charge in [0.2, 0.25) is 0 Å². The number of rotatable bonds is 72. The van der Waals surface area contributed by atoms with Crippen molar-refractivity contribution in [1.29, 1.82) is 0 Å². The number of ether oxygens (including phenoxy) is 4. The van der Waals surface area contributed by atoms with Gasteiger partial charge in [-0.1, -0.05) is 325 Å². The Morgan fingerprint density at radius 3 is 0.755 bits per heavy atom. The summed E-state index contributed by atoms with van der Waals surface area (Å²) in [5.74, 6) is 0.902. The van der Waals surface area contributed by atoms with E-state index in [-0.39, 0.29) is 25.7 Å². The molecule has 0 aliphatic rings. The van der Waals surface area contributed by atoms with Crippen molar-refractivity contribution in [2.24, 2.45) is 23.7 Å². The maximum Gasteiger partial charge on any atom is 0.472 e. The highest BCUT2D eigenvalue weighted by Crippen LogP contribution is 2.45. The van der Waals surface area contributed by atoms with Gasteiger partial charge in [0.1, 0.15) is 19.3 Å². The largest absolute Gasteiger partial charge is 0.472 e. The fourth-order valence-electron chi connectivity index (χ4n) is 11.3. The lowest BCUT2D eigenvalue weighted by Gasteiger charge is -2.21. The van der Waals surface area contributed by atoms with Crippen LogP contribution >= 0.6 is 15.6 Å². The summed E-state index contributed by atoms with van der Waals surface area (Å²) in [4.78, 5) is 72.7. The van der Waals surface area contributed by atoms with Gasteiger partial charge in [-0.05, 0) is 49.4 Å². The fraction of sp³-hybridized carbons (Fsp3) is 0.947. The first kappa shape index (κ1) is 92.1. The summed E-state index contributed by atoms with van der Waals surface area (Å²) >= 11 is 0. The predicted molar refractivity (Wildman–Crippen MR) is 381 cm³/mol. The molecule has 94 heavy (non-hydrogen) atoms. The third-order valence-electron chi connectivity index (χ3n) is 17.7. The summed E-state index contributed by atoms with van der Waals surface area (Å²) < 4.78 is 68.5. The van der Waals surface area contributed by atoms with E-state index in [0.717, 1.165) is 120 Å².